The summed E-state index contributed by atoms with van der Waals surface area (Å²) in [7, 11) is 0. The minimum Gasteiger partial charge on any atom is -0.378 e. The molecule has 5 nitrogen and oxygen atoms in total. The van der Waals surface area contributed by atoms with Gasteiger partial charge in [0.05, 0.1) is 18.7 Å². The van der Waals surface area contributed by atoms with Crippen molar-refractivity contribution in [1.82, 2.24) is 9.88 Å². The Hall–Kier alpha value is -2.14. The smallest absolute Gasteiger partial charge is 0.223 e. The molecule has 1 aromatic heterocycles. The van der Waals surface area contributed by atoms with Gasteiger partial charge in [-0.2, -0.15) is 0 Å². The van der Waals surface area contributed by atoms with Gasteiger partial charge in [0.25, 0.3) is 0 Å². The van der Waals surface area contributed by atoms with Crippen molar-refractivity contribution in [3.63, 3.8) is 0 Å². The van der Waals surface area contributed by atoms with Crippen LogP contribution in [0.25, 0.3) is 10.9 Å². The maximum absolute atomic E-state index is 12.4. The summed E-state index contributed by atoms with van der Waals surface area (Å²) in [5.41, 5.74) is 1.05. The molecule has 0 N–H and O–H groups in total. The molecule has 2 aromatic rings. The molecular weight excluding hydrogens is 314 g/mol. The van der Waals surface area contributed by atoms with Crippen molar-refractivity contribution < 1.29 is 9.53 Å². The second-order valence-electron chi connectivity index (χ2n) is 6.99. The lowest BCUT2D eigenvalue weighted by Crippen LogP contribution is -2.42. The van der Waals surface area contributed by atoms with Gasteiger partial charge in [-0.15, -0.1) is 0 Å². The fourth-order valence-corrected chi connectivity index (χ4v) is 3.79. The van der Waals surface area contributed by atoms with Gasteiger partial charge in [-0.25, -0.2) is 4.98 Å². The molecule has 1 aromatic carbocycles. The van der Waals surface area contributed by atoms with E-state index >= 15 is 0 Å². The zero-order valence-electron chi connectivity index (χ0n) is 14.6. The van der Waals surface area contributed by atoms with Gasteiger partial charge < -0.3 is 14.5 Å². The van der Waals surface area contributed by atoms with Crippen LogP contribution < -0.4 is 4.90 Å². The Labute approximate surface area is 148 Å². The maximum Gasteiger partial charge on any atom is 0.223 e. The molecule has 3 heterocycles. The summed E-state index contributed by atoms with van der Waals surface area (Å²) in [4.78, 5) is 21.5. The van der Waals surface area contributed by atoms with Crippen molar-refractivity contribution in [1.29, 1.82) is 0 Å². The van der Waals surface area contributed by atoms with Crippen molar-refractivity contribution in [2.24, 2.45) is 5.92 Å². The zero-order valence-corrected chi connectivity index (χ0v) is 14.6. The van der Waals surface area contributed by atoms with Crippen LogP contribution >= 0.6 is 0 Å². The van der Waals surface area contributed by atoms with E-state index in [1.807, 2.05) is 17.0 Å². The lowest BCUT2D eigenvalue weighted by molar-refractivity contribution is -0.136. The Morgan fingerprint density at radius 3 is 2.60 bits per heavy atom. The number of fused-ring (bicyclic) bond motifs is 1. The Bertz CT molecular complexity index is 735. The van der Waals surface area contributed by atoms with Crippen molar-refractivity contribution in [2.45, 2.75) is 19.3 Å². The second kappa shape index (κ2) is 7.40. The predicted molar refractivity (Wildman–Crippen MR) is 98.7 cm³/mol. The number of pyridine rings is 1. The van der Waals surface area contributed by atoms with Crippen molar-refractivity contribution >= 4 is 22.6 Å². The molecule has 2 aliphatic rings. The molecule has 5 heteroatoms. The number of hydrogen-bond acceptors (Lipinski definition) is 4. The number of morpholine rings is 1. The maximum atomic E-state index is 12.4. The molecule has 2 aliphatic heterocycles. The van der Waals surface area contributed by atoms with Gasteiger partial charge in [0.15, 0.2) is 0 Å². The number of nitrogens with zero attached hydrogens (tertiary/aromatic N) is 3. The first-order valence-corrected chi connectivity index (χ1v) is 9.26. The van der Waals surface area contributed by atoms with E-state index in [0.29, 0.717) is 31.5 Å². The van der Waals surface area contributed by atoms with E-state index < -0.39 is 0 Å². The number of para-hydroxylation sites is 1. The molecule has 2 fully saturated rings. The number of benzene rings is 1. The zero-order chi connectivity index (χ0) is 17.1. The summed E-state index contributed by atoms with van der Waals surface area (Å²) in [6, 6.07) is 12.5. The molecule has 0 atom stereocenters. The van der Waals surface area contributed by atoms with Crippen LogP contribution in [0, 0.1) is 5.92 Å². The molecule has 2 saturated heterocycles. The van der Waals surface area contributed by atoms with Crippen LogP contribution in [0.1, 0.15) is 19.3 Å². The monoisotopic (exact) mass is 339 g/mol. The van der Waals surface area contributed by atoms with E-state index in [0.717, 1.165) is 50.4 Å². The van der Waals surface area contributed by atoms with Gasteiger partial charge in [-0.3, -0.25) is 4.79 Å². The first kappa shape index (κ1) is 16.3. The summed E-state index contributed by atoms with van der Waals surface area (Å²) >= 11 is 0. The Morgan fingerprint density at radius 1 is 1.04 bits per heavy atom. The van der Waals surface area contributed by atoms with Gasteiger partial charge in [-0.1, -0.05) is 18.2 Å². The normalized spacial score (nSPS) is 19.4. The fourth-order valence-electron chi connectivity index (χ4n) is 3.79. The van der Waals surface area contributed by atoms with Crippen molar-refractivity contribution in [3.8, 4) is 0 Å². The van der Waals surface area contributed by atoms with E-state index in [2.05, 4.69) is 29.2 Å². The van der Waals surface area contributed by atoms with E-state index in [1.54, 1.807) is 0 Å². The highest BCUT2D eigenvalue weighted by Gasteiger charge is 2.25. The second-order valence-corrected chi connectivity index (χ2v) is 6.99. The van der Waals surface area contributed by atoms with Gasteiger partial charge in [0.2, 0.25) is 5.91 Å². The van der Waals surface area contributed by atoms with Gasteiger partial charge in [0, 0.05) is 38.0 Å². The summed E-state index contributed by atoms with van der Waals surface area (Å²) in [6.45, 7) is 4.81. The minimum atomic E-state index is 0.297. The Balaban J connectivity index is 1.33. The van der Waals surface area contributed by atoms with Crippen LogP contribution in [0.5, 0.6) is 0 Å². The molecule has 0 spiro atoms. The molecule has 25 heavy (non-hydrogen) atoms. The van der Waals surface area contributed by atoms with E-state index in [-0.39, 0.29) is 0 Å². The first-order chi connectivity index (χ1) is 12.3. The predicted octanol–water partition coefficient (Wildman–Crippen LogP) is 2.70. The van der Waals surface area contributed by atoms with Gasteiger partial charge in [0.1, 0.15) is 5.82 Å². The number of aromatic nitrogens is 1. The molecular formula is C20H25N3O2. The SMILES string of the molecule is O=C(CC1CCN(c2ccc3ccccc3n2)CC1)N1CCOCC1. The average Bonchev–Trinajstić information content (AvgIpc) is 2.69. The molecule has 0 radical (unpaired) electrons. The molecule has 1 amide bonds. The van der Waals surface area contributed by atoms with Crippen LogP contribution in [0.4, 0.5) is 5.82 Å². The Kier molecular flexibility index (Phi) is 4.83. The molecule has 0 saturated carbocycles. The molecule has 4 rings (SSSR count). The topological polar surface area (TPSA) is 45.7 Å². The number of piperidine rings is 1. The number of anilines is 1. The lowest BCUT2D eigenvalue weighted by Gasteiger charge is -2.34. The van der Waals surface area contributed by atoms with Gasteiger partial charge in [-0.05, 0) is 37.0 Å². The average molecular weight is 339 g/mol. The molecule has 0 bridgehead atoms. The highest BCUT2D eigenvalue weighted by atomic mass is 16.5. The number of amides is 1. The number of ether oxygens (including phenoxy) is 1. The summed E-state index contributed by atoms with van der Waals surface area (Å²) < 4.78 is 5.33. The number of carbonyl (C=O) groups excluding carboxylic acids is 1. The van der Waals surface area contributed by atoms with E-state index in [4.69, 9.17) is 9.72 Å². The van der Waals surface area contributed by atoms with Gasteiger partial charge >= 0.3 is 0 Å². The fraction of sp³-hybridized carbons (Fsp3) is 0.500. The summed E-state index contributed by atoms with van der Waals surface area (Å²) in [6.07, 6.45) is 2.80. The minimum absolute atomic E-state index is 0.297. The summed E-state index contributed by atoms with van der Waals surface area (Å²) in [5, 5.41) is 1.18. The number of hydrogen-bond donors (Lipinski definition) is 0. The third-order valence-corrected chi connectivity index (χ3v) is 5.35. The third-order valence-electron chi connectivity index (χ3n) is 5.35. The van der Waals surface area contributed by atoms with E-state index in [1.165, 1.54) is 5.39 Å². The van der Waals surface area contributed by atoms with Crippen LogP contribution in [0.15, 0.2) is 36.4 Å². The first-order valence-electron chi connectivity index (χ1n) is 9.26. The van der Waals surface area contributed by atoms with E-state index in [9.17, 15) is 4.79 Å². The molecule has 132 valence electrons. The molecule has 0 unspecified atom stereocenters. The van der Waals surface area contributed by atoms with Crippen LogP contribution in [0.2, 0.25) is 0 Å². The highest BCUT2D eigenvalue weighted by molar-refractivity contribution is 5.80. The van der Waals surface area contributed by atoms with Crippen LogP contribution in [0.3, 0.4) is 0 Å². The third kappa shape index (κ3) is 3.76. The Morgan fingerprint density at radius 2 is 1.80 bits per heavy atom. The van der Waals surface area contributed by atoms with Crippen LogP contribution in [-0.4, -0.2) is 55.2 Å². The standard InChI is InChI=1S/C20H25N3O2/c24-20(23-11-13-25-14-12-23)15-16-7-9-22(10-8-16)19-6-5-17-3-1-2-4-18(17)21-19/h1-6,16H,7-15H2. The summed E-state index contributed by atoms with van der Waals surface area (Å²) in [5.74, 6) is 1.84. The number of rotatable bonds is 3. The van der Waals surface area contributed by atoms with Crippen molar-refractivity contribution in [2.75, 3.05) is 44.3 Å². The largest absolute Gasteiger partial charge is 0.378 e. The van der Waals surface area contributed by atoms with Crippen LogP contribution in [-0.2, 0) is 9.53 Å². The number of carbonyl (C=O) groups is 1. The molecule has 0 aliphatic carbocycles. The quantitative estimate of drug-likeness (QED) is 0.862. The highest BCUT2D eigenvalue weighted by Crippen LogP contribution is 2.26. The lowest BCUT2D eigenvalue weighted by atomic mass is 9.93. The van der Waals surface area contributed by atoms with Crippen molar-refractivity contribution in [3.05, 3.63) is 36.4 Å².